The van der Waals surface area contributed by atoms with E-state index < -0.39 is 5.91 Å². The number of halogens is 4. The lowest BCUT2D eigenvalue weighted by Gasteiger charge is -2.39. The number of allylic oxidation sites excluding steroid dienone is 13. The largest absolute Gasteiger partial charge is 0.554 e. The Balaban J connectivity index is 1.21. The third kappa shape index (κ3) is 2.35. The molecule has 20 rings (SSSR count). The van der Waals surface area contributed by atoms with Crippen LogP contribution in [0.25, 0.3) is 17.5 Å². The van der Waals surface area contributed by atoms with Crippen molar-refractivity contribution in [3.8, 4) is 0 Å². The highest BCUT2D eigenvalue weighted by molar-refractivity contribution is 6.26. The first-order chi connectivity index (χ1) is 26.0. The summed E-state index contributed by atoms with van der Waals surface area (Å²) < 4.78 is 81.6. The lowest BCUT2D eigenvalue weighted by molar-refractivity contribution is -0.839. The van der Waals surface area contributed by atoms with Crippen LogP contribution in [0.5, 0.6) is 0 Å². The number of aromatic nitrogens is 2. The summed E-state index contributed by atoms with van der Waals surface area (Å²) in [7, 11) is 0. The first kappa shape index (κ1) is 27.0. The SMILES string of the molecule is FC1=C2C3=C(C4=[N+]2C25n6c(c7c(c6C(F)=c6c8c(c(n62)=C4F)C2C=CC8CC2)C2C=CC7CC2)C(F)=C2C4=C(C1=[N+]25)C1C=CC4CC1)C1C=CC3CC1. The van der Waals surface area contributed by atoms with Crippen LogP contribution in [0.1, 0.15) is 109 Å². The molecule has 2 aromatic rings. The molecule has 0 saturated heterocycles. The van der Waals surface area contributed by atoms with E-state index in [2.05, 4.69) is 48.6 Å². The molecule has 8 bridgehead atoms. The Morgan fingerprint density at radius 3 is 1.28 bits per heavy atom. The molecule has 0 N–H and O–H groups in total. The van der Waals surface area contributed by atoms with Crippen molar-refractivity contribution in [3.05, 3.63) is 132 Å². The monoisotopic (exact) mass is 704 g/mol. The highest BCUT2D eigenvalue weighted by Crippen LogP contribution is 2.64. The zero-order valence-corrected chi connectivity index (χ0v) is 28.7. The minimum Gasteiger partial charge on any atom is -0.202 e. The Morgan fingerprint density at radius 2 is 0.792 bits per heavy atom. The molecule has 0 amide bonds. The van der Waals surface area contributed by atoms with E-state index in [0.29, 0.717) is 44.9 Å². The van der Waals surface area contributed by atoms with E-state index in [1.807, 2.05) is 18.3 Å². The van der Waals surface area contributed by atoms with Crippen molar-refractivity contribution in [3.63, 3.8) is 0 Å². The molecule has 0 aromatic carbocycles. The van der Waals surface area contributed by atoms with Crippen molar-refractivity contribution in [2.45, 2.75) is 80.9 Å². The van der Waals surface area contributed by atoms with E-state index in [1.54, 1.807) is 0 Å². The number of fused-ring (bicyclic) bond motifs is 4. The normalized spacial score (nSPS) is 39.1. The van der Waals surface area contributed by atoms with Crippen molar-refractivity contribution < 1.29 is 26.7 Å². The lowest BCUT2D eigenvalue weighted by atomic mass is 9.68. The van der Waals surface area contributed by atoms with Crippen LogP contribution in [0.15, 0.2) is 88.1 Å². The van der Waals surface area contributed by atoms with Crippen molar-refractivity contribution in [2.24, 2.45) is 23.7 Å². The smallest absolute Gasteiger partial charge is 0.202 e. The Kier molecular flexibility index (Phi) is 4.01. The van der Waals surface area contributed by atoms with Crippen LogP contribution in [-0.4, -0.2) is 29.7 Å². The van der Waals surface area contributed by atoms with Crippen molar-refractivity contribution >= 4 is 28.9 Å². The average molecular weight is 705 g/mol. The molecule has 4 nitrogen and oxygen atoms in total. The van der Waals surface area contributed by atoms with E-state index in [9.17, 15) is 0 Å². The van der Waals surface area contributed by atoms with Gasteiger partial charge in [-0.25, -0.2) is 4.39 Å². The number of hydrogen-bond acceptors (Lipinski definition) is 0. The van der Waals surface area contributed by atoms with Gasteiger partial charge in [0, 0.05) is 69.6 Å². The molecule has 12 aliphatic carbocycles. The van der Waals surface area contributed by atoms with E-state index in [-0.39, 0.29) is 70.7 Å². The summed E-state index contributed by atoms with van der Waals surface area (Å²) >= 11 is 0. The van der Waals surface area contributed by atoms with E-state index in [0.717, 1.165) is 95.9 Å². The van der Waals surface area contributed by atoms with Crippen LogP contribution in [0, 0.1) is 23.7 Å². The molecule has 9 atom stereocenters. The van der Waals surface area contributed by atoms with Gasteiger partial charge in [0.05, 0.1) is 11.0 Å². The molecule has 0 fully saturated rings. The van der Waals surface area contributed by atoms with Crippen LogP contribution in [0.4, 0.5) is 17.6 Å². The van der Waals surface area contributed by atoms with Gasteiger partial charge in [0.2, 0.25) is 11.7 Å². The van der Waals surface area contributed by atoms with Crippen LogP contribution in [-0.2, 0) is 5.91 Å². The maximum absolute atomic E-state index is 18.5. The Hall–Kier alpha value is -4.72. The van der Waals surface area contributed by atoms with Gasteiger partial charge in [-0.1, -0.05) is 57.8 Å². The molecule has 0 saturated carbocycles. The molecule has 1 spiro atoms. The highest BCUT2D eigenvalue weighted by Gasteiger charge is 2.80. The summed E-state index contributed by atoms with van der Waals surface area (Å²) in [5.74, 6) is -3.43. The summed E-state index contributed by atoms with van der Waals surface area (Å²) in [5.41, 5.74) is 9.61. The van der Waals surface area contributed by atoms with Gasteiger partial charge in [-0.3, -0.25) is 0 Å². The summed E-state index contributed by atoms with van der Waals surface area (Å²) in [4.78, 5) is 0. The molecule has 6 aliphatic heterocycles. The Labute approximate surface area is 301 Å². The molecule has 8 heteroatoms. The minimum absolute atomic E-state index is 0.0477. The fourth-order valence-corrected chi connectivity index (χ4v) is 14.6. The summed E-state index contributed by atoms with van der Waals surface area (Å²) in [6.45, 7) is 0. The van der Waals surface area contributed by atoms with E-state index >= 15 is 17.6 Å². The van der Waals surface area contributed by atoms with Crippen LogP contribution in [0.3, 0.4) is 0 Å². The van der Waals surface area contributed by atoms with Gasteiger partial charge in [-0.15, -0.1) is 0 Å². The zero-order chi connectivity index (χ0) is 34.3. The fourth-order valence-electron chi connectivity index (χ4n) is 14.6. The molecule has 0 radical (unpaired) electrons. The molecule has 53 heavy (non-hydrogen) atoms. The van der Waals surface area contributed by atoms with Gasteiger partial charge in [-0.2, -0.15) is 22.3 Å². The molecule has 9 unspecified atom stereocenters. The first-order valence-electron chi connectivity index (χ1n) is 20.0. The Bertz CT molecular complexity index is 2940. The molecule has 8 heterocycles. The second-order valence-electron chi connectivity index (χ2n) is 18.0. The number of hydrogen-bond donors (Lipinski definition) is 0. The highest BCUT2D eigenvalue weighted by atomic mass is 19.1. The third-order valence-corrected chi connectivity index (χ3v) is 16.3. The predicted octanol–water partition coefficient (Wildman–Crippen LogP) is 7.56. The molecular weight excluding hydrogens is 673 g/mol. The van der Waals surface area contributed by atoms with Crippen LogP contribution >= 0.6 is 0 Å². The third-order valence-electron chi connectivity index (χ3n) is 16.3. The second kappa shape index (κ2) is 7.89. The zero-order valence-electron chi connectivity index (χ0n) is 28.7. The van der Waals surface area contributed by atoms with Gasteiger partial charge in [0.15, 0.2) is 5.83 Å². The maximum atomic E-state index is 18.5. The van der Waals surface area contributed by atoms with Gasteiger partial charge in [0.25, 0.3) is 28.6 Å². The van der Waals surface area contributed by atoms with Crippen molar-refractivity contribution in [2.75, 3.05) is 0 Å². The van der Waals surface area contributed by atoms with Gasteiger partial charge in [0.1, 0.15) is 11.0 Å². The van der Waals surface area contributed by atoms with Crippen LogP contribution in [0.2, 0.25) is 0 Å². The topological polar surface area (TPSA) is 15.9 Å². The van der Waals surface area contributed by atoms with Gasteiger partial charge < -0.3 is 0 Å². The second-order valence-corrected chi connectivity index (χ2v) is 18.0. The summed E-state index contributed by atoms with van der Waals surface area (Å²) in [6.07, 6.45) is 24.6. The fraction of sp³-hybridized carbons (Fsp3) is 0.378. The molecule has 18 aliphatic rings. The number of nitrogens with zero attached hydrogens (tertiary/aromatic N) is 4. The molecular formula is C45H32F4N4+2. The van der Waals surface area contributed by atoms with Crippen molar-refractivity contribution in [1.29, 1.82) is 0 Å². The van der Waals surface area contributed by atoms with Gasteiger partial charge in [-0.05, 0) is 73.6 Å². The number of rotatable bonds is 0. The Morgan fingerprint density at radius 1 is 0.415 bits per heavy atom. The van der Waals surface area contributed by atoms with Crippen molar-refractivity contribution in [1.82, 2.24) is 9.13 Å². The average Bonchev–Trinajstić information content (AvgIpc) is 3.99. The molecule has 258 valence electrons. The summed E-state index contributed by atoms with van der Waals surface area (Å²) in [5, 5.41) is 0.847. The quantitative estimate of drug-likeness (QED) is 0.153. The van der Waals surface area contributed by atoms with Crippen LogP contribution < -0.4 is 10.7 Å². The summed E-state index contributed by atoms with van der Waals surface area (Å²) in [6, 6.07) is 0. The molecule has 2 aromatic heterocycles. The first-order valence-corrected chi connectivity index (χ1v) is 20.0. The standard InChI is InChI=1S/C45H32F4N4/c46-33-37-25-17-1-2-18(4-3-17)26(25)38-34(47)40-29-21-9-11-22(12-10-21)30(29)42-36(49)44-32-24-15-13-23(14-16-24)31(32)43-35(48)41-28-20-7-5-19(6-8-20)27(28)39(33)51(41)45(50(37)38,52(40)42)53(43)44/h1-2,5,7,9,11,13,15,17-24H,3-4,6,8,10,12,14,16H2/q+2. The van der Waals surface area contributed by atoms with E-state index in [4.69, 9.17) is 0 Å². The minimum atomic E-state index is -1.51. The maximum Gasteiger partial charge on any atom is 0.554 e. The van der Waals surface area contributed by atoms with Gasteiger partial charge >= 0.3 is 5.91 Å². The predicted molar refractivity (Wildman–Crippen MR) is 189 cm³/mol. The lowest BCUT2D eigenvalue weighted by Crippen LogP contribution is -2.71. The van der Waals surface area contributed by atoms with E-state index in [1.165, 1.54) is 0 Å².